The summed E-state index contributed by atoms with van der Waals surface area (Å²) in [7, 11) is 0. The lowest BCUT2D eigenvalue weighted by molar-refractivity contribution is 0.152. The molecule has 0 unspecified atom stereocenters. The number of hydrogen-bond donors (Lipinski definition) is 1. The maximum atomic E-state index is 10.8. The SMILES string of the molecule is Cc1nc2nn(CC#N)cc2cc1-n1nc(-c2cccc3nn(C[C@H](O)c4ccccc4)cc23)c(C(C)C)c1C. The molecule has 0 aliphatic heterocycles. The number of aryl methyl sites for hydroxylation is 1. The van der Waals surface area contributed by atoms with E-state index in [9.17, 15) is 5.11 Å². The second-order valence-electron chi connectivity index (χ2n) is 10.4. The van der Waals surface area contributed by atoms with E-state index in [1.54, 1.807) is 4.68 Å². The number of benzene rings is 2. The zero-order chi connectivity index (χ0) is 28.0. The molecule has 6 aromatic rings. The lowest BCUT2D eigenvalue weighted by Gasteiger charge is -2.10. The van der Waals surface area contributed by atoms with Crippen molar-refractivity contribution in [1.82, 2.24) is 34.3 Å². The zero-order valence-corrected chi connectivity index (χ0v) is 22.9. The van der Waals surface area contributed by atoms with Crippen molar-refractivity contribution in [3.8, 4) is 23.0 Å². The molecule has 0 aliphatic carbocycles. The van der Waals surface area contributed by atoms with Gasteiger partial charge in [0.2, 0.25) is 0 Å². The van der Waals surface area contributed by atoms with Gasteiger partial charge in [0.1, 0.15) is 6.54 Å². The van der Waals surface area contributed by atoms with E-state index in [1.165, 1.54) is 0 Å². The predicted octanol–water partition coefficient (Wildman–Crippen LogP) is 5.63. The van der Waals surface area contributed by atoms with E-state index in [2.05, 4.69) is 38.0 Å². The summed E-state index contributed by atoms with van der Waals surface area (Å²) < 4.78 is 5.39. The van der Waals surface area contributed by atoms with Gasteiger partial charge in [0, 0.05) is 40.0 Å². The quantitative estimate of drug-likeness (QED) is 0.286. The van der Waals surface area contributed by atoms with Gasteiger partial charge in [-0.2, -0.15) is 20.6 Å². The Balaban J connectivity index is 1.45. The van der Waals surface area contributed by atoms with Crippen LogP contribution in [0.2, 0.25) is 0 Å². The third-order valence-corrected chi connectivity index (χ3v) is 7.30. The molecule has 9 nitrogen and oxygen atoms in total. The van der Waals surface area contributed by atoms with Gasteiger partial charge in [0.15, 0.2) is 5.65 Å². The minimum atomic E-state index is -0.658. The van der Waals surface area contributed by atoms with E-state index in [4.69, 9.17) is 20.4 Å². The molecule has 0 fully saturated rings. The second kappa shape index (κ2) is 10.1. The topological polar surface area (TPSA) is 110 Å². The molecule has 0 saturated heterocycles. The molecule has 1 N–H and O–H groups in total. The average Bonchev–Trinajstić information content (AvgIpc) is 3.62. The zero-order valence-electron chi connectivity index (χ0n) is 22.9. The lowest BCUT2D eigenvalue weighted by Crippen LogP contribution is -2.08. The predicted molar refractivity (Wildman–Crippen MR) is 154 cm³/mol. The molecule has 40 heavy (non-hydrogen) atoms. The maximum absolute atomic E-state index is 10.8. The van der Waals surface area contributed by atoms with Crippen LogP contribution in [0.5, 0.6) is 0 Å². The first kappa shape index (κ1) is 25.5. The Hall–Kier alpha value is -4.81. The lowest BCUT2D eigenvalue weighted by atomic mass is 9.95. The van der Waals surface area contributed by atoms with Crippen LogP contribution in [0.1, 0.15) is 48.4 Å². The first-order valence-electron chi connectivity index (χ1n) is 13.3. The molecule has 0 saturated carbocycles. The highest BCUT2D eigenvalue weighted by Gasteiger charge is 2.23. The Morgan fingerprint density at radius 3 is 2.50 bits per heavy atom. The smallest absolute Gasteiger partial charge is 0.181 e. The summed E-state index contributed by atoms with van der Waals surface area (Å²) in [5, 5.41) is 36.1. The Morgan fingerprint density at radius 2 is 1.75 bits per heavy atom. The van der Waals surface area contributed by atoms with E-state index < -0.39 is 6.10 Å². The fourth-order valence-corrected chi connectivity index (χ4v) is 5.44. The molecule has 9 heteroatoms. The summed E-state index contributed by atoms with van der Waals surface area (Å²) >= 11 is 0. The Kier molecular flexibility index (Phi) is 6.40. The Labute approximate surface area is 231 Å². The van der Waals surface area contributed by atoms with Gasteiger partial charge >= 0.3 is 0 Å². The molecule has 0 radical (unpaired) electrons. The van der Waals surface area contributed by atoms with E-state index in [0.29, 0.717) is 12.2 Å². The summed E-state index contributed by atoms with van der Waals surface area (Å²) in [5.41, 5.74) is 8.11. The first-order valence-corrected chi connectivity index (χ1v) is 13.3. The number of rotatable bonds is 7. The van der Waals surface area contributed by atoms with Crippen LogP contribution in [0, 0.1) is 25.2 Å². The van der Waals surface area contributed by atoms with Gasteiger partial charge in [-0.3, -0.25) is 9.36 Å². The van der Waals surface area contributed by atoms with E-state index in [-0.39, 0.29) is 12.5 Å². The number of aromatic nitrogens is 7. The Bertz CT molecular complexity index is 1890. The normalized spacial score (nSPS) is 12.4. The van der Waals surface area contributed by atoms with Crippen molar-refractivity contribution in [2.45, 2.75) is 52.8 Å². The van der Waals surface area contributed by atoms with Crippen molar-refractivity contribution in [2.75, 3.05) is 0 Å². The first-order chi connectivity index (χ1) is 19.3. The van der Waals surface area contributed by atoms with Crippen LogP contribution in [-0.4, -0.2) is 39.4 Å². The summed E-state index contributed by atoms with van der Waals surface area (Å²) in [4.78, 5) is 4.72. The molecular weight excluding hydrogens is 500 g/mol. The number of nitrogens with zero attached hydrogens (tertiary/aromatic N) is 8. The third-order valence-electron chi connectivity index (χ3n) is 7.30. The monoisotopic (exact) mass is 530 g/mol. The van der Waals surface area contributed by atoms with Crippen molar-refractivity contribution in [3.63, 3.8) is 0 Å². The number of hydrogen-bond acceptors (Lipinski definition) is 6. The molecule has 0 spiro atoms. The summed E-state index contributed by atoms with van der Waals surface area (Å²) in [5.74, 6) is 0.226. The second-order valence-corrected chi connectivity index (χ2v) is 10.4. The van der Waals surface area contributed by atoms with Crippen LogP contribution >= 0.6 is 0 Å². The number of fused-ring (bicyclic) bond motifs is 2. The van der Waals surface area contributed by atoms with Crippen LogP contribution < -0.4 is 0 Å². The van der Waals surface area contributed by atoms with Gasteiger partial charge in [0.25, 0.3) is 0 Å². The van der Waals surface area contributed by atoms with Crippen LogP contribution in [0.4, 0.5) is 0 Å². The molecule has 4 heterocycles. The van der Waals surface area contributed by atoms with Crippen molar-refractivity contribution in [1.29, 1.82) is 5.26 Å². The van der Waals surface area contributed by atoms with Crippen LogP contribution in [-0.2, 0) is 13.1 Å². The fraction of sp³-hybridized carbons (Fsp3) is 0.258. The third kappa shape index (κ3) is 4.42. The van der Waals surface area contributed by atoms with Gasteiger partial charge in [-0.1, -0.05) is 56.3 Å². The summed E-state index contributed by atoms with van der Waals surface area (Å²) in [6.45, 7) is 8.93. The molecule has 0 amide bonds. The fourth-order valence-electron chi connectivity index (χ4n) is 5.44. The largest absolute Gasteiger partial charge is 0.386 e. The number of aliphatic hydroxyl groups is 1. The number of aliphatic hydroxyl groups excluding tert-OH is 1. The average molecular weight is 531 g/mol. The van der Waals surface area contributed by atoms with E-state index in [1.807, 2.05) is 77.2 Å². The molecule has 6 rings (SSSR count). The van der Waals surface area contributed by atoms with Crippen molar-refractivity contribution < 1.29 is 5.11 Å². The summed E-state index contributed by atoms with van der Waals surface area (Å²) in [6, 6.07) is 19.9. The summed E-state index contributed by atoms with van der Waals surface area (Å²) in [6.07, 6.45) is 3.18. The van der Waals surface area contributed by atoms with Crippen molar-refractivity contribution >= 4 is 21.9 Å². The minimum Gasteiger partial charge on any atom is -0.386 e. The van der Waals surface area contributed by atoms with Gasteiger partial charge in [0.05, 0.1) is 41.3 Å². The Morgan fingerprint density at radius 1 is 0.950 bits per heavy atom. The maximum Gasteiger partial charge on any atom is 0.181 e. The number of pyridine rings is 1. The van der Waals surface area contributed by atoms with Gasteiger partial charge in [-0.25, -0.2) is 9.67 Å². The van der Waals surface area contributed by atoms with Gasteiger partial charge in [-0.05, 0) is 37.5 Å². The van der Waals surface area contributed by atoms with Crippen molar-refractivity contribution in [2.24, 2.45) is 0 Å². The van der Waals surface area contributed by atoms with Crippen molar-refractivity contribution in [3.05, 3.63) is 89.5 Å². The van der Waals surface area contributed by atoms with Crippen LogP contribution in [0.25, 0.3) is 38.9 Å². The molecular formula is C31H30N8O. The molecule has 0 bridgehead atoms. The van der Waals surface area contributed by atoms with E-state index >= 15 is 0 Å². The van der Waals surface area contributed by atoms with Crippen LogP contribution in [0.3, 0.4) is 0 Å². The standard InChI is InChI=1S/C31H30N8O/c1-19(2)29-21(4)39(27-15-23-16-37(14-13-32)36-31(23)33-20(27)3)35-30(29)24-11-8-12-26-25(24)17-38(34-26)18-28(40)22-9-6-5-7-10-22/h5-12,15-17,19,28,40H,14,18H2,1-4H3/t28-/m0/s1. The van der Waals surface area contributed by atoms with E-state index in [0.717, 1.165) is 55.7 Å². The molecule has 1 atom stereocenters. The molecule has 2 aromatic carbocycles. The van der Waals surface area contributed by atoms with Crippen LogP contribution in [0.15, 0.2) is 67.0 Å². The molecule has 200 valence electrons. The highest BCUT2D eigenvalue weighted by Crippen LogP contribution is 2.37. The van der Waals surface area contributed by atoms with Gasteiger partial charge < -0.3 is 5.11 Å². The highest BCUT2D eigenvalue weighted by molar-refractivity contribution is 5.94. The molecule has 0 aliphatic rings. The number of nitriles is 1. The highest BCUT2D eigenvalue weighted by atomic mass is 16.3. The molecule has 4 aromatic heterocycles. The van der Waals surface area contributed by atoms with Gasteiger partial charge in [-0.15, -0.1) is 0 Å². The minimum absolute atomic E-state index is 0.174.